The summed E-state index contributed by atoms with van der Waals surface area (Å²) in [4.78, 5) is 34.0. The molecule has 0 atom stereocenters. The highest BCUT2D eigenvalue weighted by atomic mass is 16.2. The molecule has 3 aromatic rings. The molecule has 1 aliphatic carbocycles. The smallest absolute Gasteiger partial charge is 0.252 e. The van der Waals surface area contributed by atoms with Crippen LogP contribution < -0.4 is 10.6 Å². The van der Waals surface area contributed by atoms with Crippen LogP contribution in [0.4, 0.5) is 0 Å². The average molecular weight is 431 g/mol. The van der Waals surface area contributed by atoms with Crippen LogP contribution in [0.15, 0.2) is 54.9 Å². The van der Waals surface area contributed by atoms with Crippen molar-refractivity contribution in [3.8, 4) is 0 Å². The van der Waals surface area contributed by atoms with Crippen molar-refractivity contribution in [3.63, 3.8) is 0 Å². The summed E-state index contributed by atoms with van der Waals surface area (Å²) in [7, 11) is 0. The van der Waals surface area contributed by atoms with Gasteiger partial charge in [-0.25, -0.2) is 0 Å². The van der Waals surface area contributed by atoms with Crippen LogP contribution in [-0.2, 0) is 0 Å². The zero-order valence-corrected chi connectivity index (χ0v) is 18.7. The number of rotatable bonds is 6. The maximum atomic E-state index is 12.8. The summed E-state index contributed by atoms with van der Waals surface area (Å²) in [5.74, 6) is 0.662. The number of amides is 2. The molecular formula is C26H30N4O2. The van der Waals surface area contributed by atoms with Crippen LogP contribution in [0.3, 0.4) is 0 Å². The van der Waals surface area contributed by atoms with Gasteiger partial charge in [-0.1, -0.05) is 18.2 Å². The third kappa shape index (κ3) is 5.13. The first-order chi connectivity index (χ1) is 15.5. The molecule has 0 unspecified atom stereocenters. The summed E-state index contributed by atoms with van der Waals surface area (Å²) in [5, 5.41) is 6.95. The minimum absolute atomic E-state index is 0.0494. The molecule has 32 heavy (non-hydrogen) atoms. The highest BCUT2D eigenvalue weighted by Gasteiger charge is 2.25. The molecule has 0 saturated heterocycles. The monoisotopic (exact) mass is 430 g/mol. The summed E-state index contributed by atoms with van der Waals surface area (Å²) in [5.41, 5.74) is 3.15. The number of pyridine rings is 2. The van der Waals surface area contributed by atoms with Crippen LogP contribution in [-0.4, -0.2) is 34.4 Å². The zero-order valence-electron chi connectivity index (χ0n) is 18.7. The van der Waals surface area contributed by atoms with Crippen molar-refractivity contribution in [1.29, 1.82) is 0 Å². The van der Waals surface area contributed by atoms with Gasteiger partial charge in [-0.3, -0.25) is 19.6 Å². The van der Waals surface area contributed by atoms with Crippen molar-refractivity contribution in [1.82, 2.24) is 20.6 Å². The Morgan fingerprint density at radius 3 is 2.53 bits per heavy atom. The van der Waals surface area contributed by atoms with Gasteiger partial charge in [0.15, 0.2) is 0 Å². The standard InChI is InChI=1S/C26H30N4O2/c1-17(2)29-26(32)22-14-24(30-23-8-4-3-7-21(22)23)19-11-9-18(10-12-19)15-28-25(31)20-6-5-13-27-16-20/h3-8,13-14,16-19H,9-12,15H2,1-2H3,(H,28,31)(H,29,32). The van der Waals surface area contributed by atoms with Crippen molar-refractivity contribution < 1.29 is 9.59 Å². The van der Waals surface area contributed by atoms with E-state index in [4.69, 9.17) is 4.98 Å². The van der Waals surface area contributed by atoms with Crippen LogP contribution in [0, 0.1) is 5.92 Å². The predicted octanol–water partition coefficient (Wildman–Crippen LogP) is 4.47. The van der Waals surface area contributed by atoms with Crippen molar-refractivity contribution in [3.05, 3.63) is 71.7 Å². The lowest BCUT2D eigenvalue weighted by Gasteiger charge is -2.28. The van der Waals surface area contributed by atoms with E-state index in [2.05, 4.69) is 15.6 Å². The molecule has 166 valence electrons. The highest BCUT2D eigenvalue weighted by Crippen LogP contribution is 2.36. The van der Waals surface area contributed by atoms with E-state index < -0.39 is 0 Å². The Kier molecular flexibility index (Phi) is 6.78. The van der Waals surface area contributed by atoms with E-state index in [0.717, 1.165) is 42.3 Å². The van der Waals surface area contributed by atoms with Crippen LogP contribution in [0.25, 0.3) is 10.9 Å². The molecule has 1 aromatic carbocycles. The summed E-state index contributed by atoms with van der Waals surface area (Å²) in [6.07, 6.45) is 7.31. The lowest BCUT2D eigenvalue weighted by molar-refractivity contribution is 0.0936. The first-order valence-corrected chi connectivity index (χ1v) is 11.4. The molecule has 6 heteroatoms. The lowest BCUT2D eigenvalue weighted by Crippen LogP contribution is -2.31. The molecule has 0 radical (unpaired) electrons. The molecule has 1 saturated carbocycles. The molecule has 2 aromatic heterocycles. The summed E-state index contributed by atoms with van der Waals surface area (Å²) < 4.78 is 0. The number of hydrogen-bond acceptors (Lipinski definition) is 4. The van der Waals surface area contributed by atoms with Gasteiger partial charge >= 0.3 is 0 Å². The first-order valence-electron chi connectivity index (χ1n) is 11.4. The van der Waals surface area contributed by atoms with Crippen LogP contribution >= 0.6 is 0 Å². The summed E-state index contributed by atoms with van der Waals surface area (Å²) in [6.45, 7) is 4.61. The minimum atomic E-state index is -0.0720. The van der Waals surface area contributed by atoms with Gasteiger partial charge in [0, 0.05) is 42.0 Å². The number of carbonyl (C=O) groups is 2. The van der Waals surface area contributed by atoms with Crippen molar-refractivity contribution in [2.75, 3.05) is 6.54 Å². The number of fused-ring (bicyclic) bond motifs is 1. The fourth-order valence-corrected chi connectivity index (χ4v) is 4.43. The fraction of sp³-hybridized carbons (Fsp3) is 0.385. The molecule has 6 nitrogen and oxygen atoms in total. The van der Waals surface area contributed by atoms with E-state index in [1.807, 2.05) is 44.2 Å². The molecular weight excluding hydrogens is 400 g/mol. The number of aromatic nitrogens is 2. The van der Waals surface area contributed by atoms with Gasteiger partial charge in [0.05, 0.1) is 16.6 Å². The van der Waals surface area contributed by atoms with Crippen LogP contribution in [0.5, 0.6) is 0 Å². The largest absolute Gasteiger partial charge is 0.352 e. The van der Waals surface area contributed by atoms with Crippen LogP contribution in [0.2, 0.25) is 0 Å². The molecule has 0 spiro atoms. The third-order valence-corrected chi connectivity index (χ3v) is 6.14. The van der Waals surface area contributed by atoms with Crippen molar-refractivity contribution in [2.45, 2.75) is 51.5 Å². The quantitative estimate of drug-likeness (QED) is 0.604. The Bertz CT molecular complexity index is 1090. The highest BCUT2D eigenvalue weighted by molar-refractivity contribution is 6.06. The number of hydrogen-bond donors (Lipinski definition) is 2. The first kappa shape index (κ1) is 21.9. The van der Waals surface area contributed by atoms with E-state index in [0.29, 0.717) is 29.5 Å². The Morgan fingerprint density at radius 1 is 1.03 bits per heavy atom. The van der Waals surface area contributed by atoms with Gasteiger partial charge in [0.25, 0.3) is 11.8 Å². The number of para-hydroxylation sites is 1. The van der Waals surface area contributed by atoms with Crippen molar-refractivity contribution in [2.24, 2.45) is 5.92 Å². The summed E-state index contributed by atoms with van der Waals surface area (Å²) in [6, 6.07) is 13.5. The van der Waals surface area contributed by atoms with Gasteiger partial charge in [-0.15, -0.1) is 0 Å². The zero-order chi connectivity index (χ0) is 22.5. The van der Waals surface area contributed by atoms with E-state index in [1.54, 1.807) is 24.5 Å². The molecule has 2 heterocycles. The van der Waals surface area contributed by atoms with E-state index in [-0.39, 0.29) is 17.9 Å². The van der Waals surface area contributed by atoms with Gasteiger partial charge in [-0.2, -0.15) is 0 Å². The molecule has 2 N–H and O–H groups in total. The summed E-state index contributed by atoms with van der Waals surface area (Å²) >= 11 is 0. The molecule has 1 fully saturated rings. The second kappa shape index (κ2) is 9.90. The minimum Gasteiger partial charge on any atom is -0.352 e. The predicted molar refractivity (Wildman–Crippen MR) is 126 cm³/mol. The SMILES string of the molecule is CC(C)NC(=O)c1cc(C2CCC(CNC(=O)c3cccnc3)CC2)nc2ccccc12. The Balaban J connectivity index is 1.42. The van der Waals surface area contributed by atoms with Gasteiger partial charge in [0.2, 0.25) is 0 Å². The Morgan fingerprint density at radius 2 is 1.81 bits per heavy atom. The second-order valence-corrected chi connectivity index (χ2v) is 8.91. The molecule has 2 amide bonds. The normalized spacial score (nSPS) is 18.5. The Hall–Kier alpha value is -3.28. The van der Waals surface area contributed by atoms with E-state index >= 15 is 0 Å². The van der Waals surface area contributed by atoms with E-state index in [9.17, 15) is 9.59 Å². The van der Waals surface area contributed by atoms with Gasteiger partial charge in [-0.05, 0) is 69.7 Å². The number of benzene rings is 1. The number of nitrogens with zero attached hydrogens (tertiary/aromatic N) is 2. The van der Waals surface area contributed by atoms with E-state index in [1.165, 1.54) is 0 Å². The maximum absolute atomic E-state index is 12.8. The second-order valence-electron chi connectivity index (χ2n) is 8.91. The lowest BCUT2D eigenvalue weighted by atomic mass is 9.80. The fourth-order valence-electron chi connectivity index (χ4n) is 4.43. The molecule has 0 bridgehead atoms. The van der Waals surface area contributed by atoms with Gasteiger partial charge in [0.1, 0.15) is 0 Å². The van der Waals surface area contributed by atoms with Gasteiger partial charge < -0.3 is 10.6 Å². The number of carbonyl (C=O) groups excluding carboxylic acids is 2. The molecule has 4 rings (SSSR count). The van der Waals surface area contributed by atoms with Crippen LogP contribution in [0.1, 0.15) is 71.9 Å². The average Bonchev–Trinajstić information content (AvgIpc) is 2.82. The molecule has 1 aliphatic rings. The maximum Gasteiger partial charge on any atom is 0.252 e. The van der Waals surface area contributed by atoms with Crippen molar-refractivity contribution >= 4 is 22.7 Å². The third-order valence-electron chi connectivity index (χ3n) is 6.14. The number of nitrogens with one attached hydrogen (secondary N) is 2. The topological polar surface area (TPSA) is 84.0 Å². The molecule has 0 aliphatic heterocycles. The Labute approximate surface area is 188 Å².